The number of allylic oxidation sites excluding steroid dienone is 1. The van der Waals surface area contributed by atoms with E-state index >= 15 is 0 Å². The lowest BCUT2D eigenvalue weighted by Gasteiger charge is -2.39. The molecule has 1 aromatic rings. The Kier molecular flexibility index (Phi) is 6.73. The number of nitrogens with two attached hydrogens (primary N) is 1. The third-order valence-corrected chi connectivity index (χ3v) is 5.90. The fraction of sp³-hybridized carbons (Fsp3) is 0.545. The fourth-order valence-corrected chi connectivity index (χ4v) is 4.30. The van der Waals surface area contributed by atoms with Crippen molar-refractivity contribution in [2.75, 3.05) is 25.0 Å². The Balaban J connectivity index is 1.59. The van der Waals surface area contributed by atoms with E-state index in [1.807, 2.05) is 17.0 Å². The Morgan fingerprint density at radius 3 is 2.96 bits per heavy atom. The van der Waals surface area contributed by atoms with Crippen LogP contribution >= 0.6 is 0 Å². The van der Waals surface area contributed by atoms with Crippen molar-refractivity contribution in [1.82, 2.24) is 10.2 Å². The van der Waals surface area contributed by atoms with E-state index < -0.39 is 0 Å². The van der Waals surface area contributed by atoms with E-state index in [-0.39, 0.29) is 29.8 Å². The summed E-state index contributed by atoms with van der Waals surface area (Å²) in [6.07, 6.45) is 5.36. The summed E-state index contributed by atoms with van der Waals surface area (Å²) >= 11 is 0. The summed E-state index contributed by atoms with van der Waals surface area (Å²) in [7, 11) is 0. The average molecular weight is 385 g/mol. The molecule has 4 N–H and O–H groups in total. The molecule has 1 fully saturated rings. The highest BCUT2D eigenvalue weighted by Crippen LogP contribution is 2.29. The number of hydrogen-bond acceptors (Lipinski definition) is 4. The largest absolute Gasteiger partial charge is 0.373 e. The van der Waals surface area contributed by atoms with E-state index in [1.54, 1.807) is 0 Å². The molecule has 3 rings (SSSR count). The maximum atomic E-state index is 12.9. The number of rotatable bonds is 7. The van der Waals surface area contributed by atoms with E-state index in [9.17, 15) is 9.59 Å². The number of fused-ring (bicyclic) bond motifs is 1. The van der Waals surface area contributed by atoms with Gasteiger partial charge in [-0.1, -0.05) is 24.3 Å². The number of amides is 2. The molecule has 6 heteroatoms. The quantitative estimate of drug-likeness (QED) is 0.628. The maximum Gasteiger partial charge on any atom is 0.243 e. The minimum Gasteiger partial charge on any atom is -0.373 e. The molecule has 1 saturated heterocycles. The van der Waals surface area contributed by atoms with Crippen LogP contribution in [0.1, 0.15) is 36.8 Å². The summed E-state index contributed by atoms with van der Waals surface area (Å²) in [5, 5.41) is 6.63. The van der Waals surface area contributed by atoms with E-state index in [1.165, 1.54) is 11.1 Å². The van der Waals surface area contributed by atoms with Gasteiger partial charge in [-0.3, -0.25) is 9.59 Å². The van der Waals surface area contributed by atoms with Crippen LogP contribution in [0, 0.1) is 12.8 Å². The molecular weight excluding hydrogens is 352 g/mol. The molecular formula is C22H32N4O2. The third kappa shape index (κ3) is 4.55. The van der Waals surface area contributed by atoms with Gasteiger partial charge in [-0.05, 0) is 43.9 Å². The topological polar surface area (TPSA) is 87.5 Å². The fourth-order valence-electron chi connectivity index (χ4n) is 4.30. The van der Waals surface area contributed by atoms with Crippen molar-refractivity contribution in [3.8, 4) is 0 Å². The van der Waals surface area contributed by atoms with Crippen molar-refractivity contribution < 1.29 is 9.59 Å². The Labute approximate surface area is 167 Å². The summed E-state index contributed by atoms with van der Waals surface area (Å²) in [6, 6.07) is 6.01. The van der Waals surface area contributed by atoms with Gasteiger partial charge in [-0.2, -0.15) is 0 Å². The monoisotopic (exact) mass is 384 g/mol. The standard InChI is InChI=1S/C22H32N4O2/c1-3-6-17-14-26(20(27)9-5-11-23)12-10-18(17)25-22(28)19-13-16-8-4-7-15(2)21(16)24-19/h3-4,7-8,17-19,24H,1,5-6,9-14,23H2,2H3,(H,25,28)/t17?,18-,19?/m0/s1. The number of nitrogens with one attached hydrogen (secondary N) is 2. The van der Waals surface area contributed by atoms with Crippen molar-refractivity contribution in [2.45, 2.75) is 51.1 Å². The van der Waals surface area contributed by atoms with Crippen LogP contribution < -0.4 is 16.4 Å². The number of likely N-dealkylation sites (tertiary alicyclic amines) is 1. The summed E-state index contributed by atoms with van der Waals surface area (Å²) in [5.74, 6) is 0.396. The van der Waals surface area contributed by atoms with Gasteiger partial charge in [0.2, 0.25) is 11.8 Å². The number of carbonyl (C=O) groups excluding carboxylic acids is 2. The minimum absolute atomic E-state index is 0.0394. The van der Waals surface area contributed by atoms with E-state index in [2.05, 4.69) is 36.3 Å². The first kappa shape index (κ1) is 20.4. The molecule has 2 heterocycles. The zero-order chi connectivity index (χ0) is 20.1. The molecule has 152 valence electrons. The number of nitrogens with zero attached hydrogens (tertiary/aromatic N) is 1. The van der Waals surface area contributed by atoms with E-state index in [4.69, 9.17) is 5.73 Å². The van der Waals surface area contributed by atoms with Crippen LogP contribution in [0.2, 0.25) is 0 Å². The van der Waals surface area contributed by atoms with Crippen molar-refractivity contribution in [2.24, 2.45) is 11.7 Å². The van der Waals surface area contributed by atoms with Gasteiger partial charge >= 0.3 is 0 Å². The normalized spacial score (nSPS) is 23.6. The van der Waals surface area contributed by atoms with Crippen LogP contribution in [0.3, 0.4) is 0 Å². The lowest BCUT2D eigenvalue weighted by molar-refractivity contribution is -0.133. The molecule has 0 aromatic heterocycles. The molecule has 0 radical (unpaired) electrons. The molecule has 0 saturated carbocycles. The molecule has 2 amide bonds. The predicted octanol–water partition coefficient (Wildman–Crippen LogP) is 1.98. The zero-order valence-electron chi connectivity index (χ0n) is 16.7. The van der Waals surface area contributed by atoms with Crippen LogP contribution in [0.15, 0.2) is 30.9 Å². The number of piperidine rings is 1. The van der Waals surface area contributed by atoms with Crippen LogP contribution in [-0.2, 0) is 16.0 Å². The Hall–Kier alpha value is -2.34. The van der Waals surface area contributed by atoms with E-state index in [0.717, 1.165) is 24.9 Å². The van der Waals surface area contributed by atoms with Crippen LogP contribution in [0.4, 0.5) is 5.69 Å². The maximum absolute atomic E-state index is 12.9. The average Bonchev–Trinajstić information content (AvgIpc) is 3.13. The molecule has 28 heavy (non-hydrogen) atoms. The minimum atomic E-state index is -0.232. The number of para-hydroxylation sites is 1. The summed E-state index contributed by atoms with van der Waals surface area (Å²) < 4.78 is 0. The molecule has 2 unspecified atom stereocenters. The third-order valence-electron chi connectivity index (χ3n) is 5.90. The van der Waals surface area contributed by atoms with Crippen LogP contribution in [0.25, 0.3) is 0 Å². The van der Waals surface area contributed by atoms with Gasteiger partial charge in [0.15, 0.2) is 0 Å². The Morgan fingerprint density at radius 2 is 2.25 bits per heavy atom. The van der Waals surface area contributed by atoms with Crippen molar-refractivity contribution in [1.29, 1.82) is 0 Å². The van der Waals surface area contributed by atoms with Gasteiger partial charge in [-0.15, -0.1) is 6.58 Å². The Morgan fingerprint density at radius 1 is 1.43 bits per heavy atom. The highest BCUT2D eigenvalue weighted by atomic mass is 16.2. The first-order valence-corrected chi connectivity index (χ1v) is 10.3. The SMILES string of the molecule is C=CCC1CN(C(=O)CCCN)CC[C@@H]1NC(=O)C1Cc2cccc(C)c2N1. The van der Waals surface area contributed by atoms with Gasteiger partial charge in [0.05, 0.1) is 0 Å². The second-order valence-electron chi connectivity index (χ2n) is 7.93. The number of aryl methyl sites for hydroxylation is 1. The first-order valence-electron chi connectivity index (χ1n) is 10.3. The smallest absolute Gasteiger partial charge is 0.243 e. The van der Waals surface area contributed by atoms with Crippen molar-refractivity contribution >= 4 is 17.5 Å². The lowest BCUT2D eigenvalue weighted by Crippen LogP contribution is -2.54. The molecule has 1 aromatic carbocycles. The lowest BCUT2D eigenvalue weighted by atomic mass is 9.88. The number of carbonyl (C=O) groups is 2. The zero-order valence-corrected chi connectivity index (χ0v) is 16.7. The number of anilines is 1. The van der Waals surface area contributed by atoms with Gasteiger partial charge in [-0.25, -0.2) is 0 Å². The first-order chi connectivity index (χ1) is 13.5. The molecule has 2 aliphatic heterocycles. The highest BCUT2D eigenvalue weighted by molar-refractivity contribution is 5.88. The van der Waals surface area contributed by atoms with Crippen molar-refractivity contribution in [3.63, 3.8) is 0 Å². The number of hydrogen-bond donors (Lipinski definition) is 3. The molecule has 0 bridgehead atoms. The highest BCUT2D eigenvalue weighted by Gasteiger charge is 2.34. The molecule has 0 spiro atoms. The predicted molar refractivity (Wildman–Crippen MR) is 112 cm³/mol. The van der Waals surface area contributed by atoms with Gasteiger partial charge < -0.3 is 21.3 Å². The summed E-state index contributed by atoms with van der Waals surface area (Å²) in [4.78, 5) is 27.2. The summed E-state index contributed by atoms with van der Waals surface area (Å²) in [6.45, 7) is 7.79. The van der Waals surface area contributed by atoms with Gasteiger partial charge in [0, 0.05) is 43.6 Å². The Bertz CT molecular complexity index is 733. The molecule has 0 aliphatic carbocycles. The second kappa shape index (κ2) is 9.24. The molecule has 6 nitrogen and oxygen atoms in total. The molecule has 3 atom stereocenters. The van der Waals surface area contributed by atoms with Gasteiger partial charge in [0.25, 0.3) is 0 Å². The number of benzene rings is 1. The van der Waals surface area contributed by atoms with Crippen molar-refractivity contribution in [3.05, 3.63) is 42.0 Å². The molecule has 2 aliphatic rings. The van der Waals surface area contributed by atoms with E-state index in [0.29, 0.717) is 32.5 Å². The summed E-state index contributed by atoms with van der Waals surface area (Å²) in [5.41, 5.74) is 8.98. The second-order valence-corrected chi connectivity index (χ2v) is 7.93. The van der Waals surface area contributed by atoms with Crippen LogP contribution in [0.5, 0.6) is 0 Å². The van der Waals surface area contributed by atoms with Crippen LogP contribution in [-0.4, -0.2) is 48.4 Å². The van der Waals surface area contributed by atoms with Gasteiger partial charge in [0.1, 0.15) is 6.04 Å².